The molecule has 2 aliphatic heterocycles. The van der Waals surface area contributed by atoms with Crippen LogP contribution in [0.3, 0.4) is 0 Å². The Morgan fingerprint density at radius 3 is 2.66 bits per heavy atom. The maximum absolute atomic E-state index is 9.48. The highest BCUT2D eigenvalue weighted by atomic mass is 15.4. The molecule has 3 heterocycles. The quantitative estimate of drug-likeness (QED) is 0.711. The van der Waals surface area contributed by atoms with Crippen molar-refractivity contribution in [3.63, 3.8) is 0 Å². The van der Waals surface area contributed by atoms with Crippen LogP contribution in [0, 0.1) is 23.7 Å². The number of nitrogens with zero attached hydrogens (tertiary/aromatic N) is 6. The average molecular weight is 395 g/mol. The van der Waals surface area contributed by atoms with E-state index < -0.39 is 0 Å². The second kappa shape index (κ2) is 7.64. The minimum Gasteiger partial charge on any atom is -0.403 e. The van der Waals surface area contributed by atoms with Crippen LogP contribution < -0.4 is 16.0 Å². The zero-order valence-corrected chi connectivity index (χ0v) is 17.4. The van der Waals surface area contributed by atoms with Gasteiger partial charge in [-0.05, 0) is 51.1 Å². The molecule has 29 heavy (non-hydrogen) atoms. The molecule has 3 N–H and O–H groups in total. The molecule has 1 aliphatic carbocycles. The molecule has 0 atom stereocenters. The Morgan fingerprint density at radius 1 is 1.34 bits per heavy atom. The van der Waals surface area contributed by atoms with E-state index in [1.54, 1.807) is 13.3 Å². The number of nitrogens with one attached hydrogen (secondary N) is 1. The molecule has 3 fully saturated rings. The lowest BCUT2D eigenvalue weighted by atomic mass is 9.81. The smallest absolute Gasteiger partial charge is 0.229 e. The summed E-state index contributed by atoms with van der Waals surface area (Å²) in [5, 5.41) is 12.6. The van der Waals surface area contributed by atoms with E-state index in [4.69, 9.17) is 10.7 Å². The zero-order chi connectivity index (χ0) is 20.5. The second-order valence-corrected chi connectivity index (χ2v) is 8.74. The van der Waals surface area contributed by atoms with Crippen molar-refractivity contribution < 1.29 is 0 Å². The fraction of sp³-hybridized carbons (Fsp3) is 0.619. The van der Waals surface area contributed by atoms with Gasteiger partial charge >= 0.3 is 0 Å². The first-order valence-electron chi connectivity index (χ1n) is 10.3. The van der Waals surface area contributed by atoms with Crippen molar-refractivity contribution in [3.8, 4) is 6.07 Å². The fourth-order valence-corrected chi connectivity index (χ4v) is 4.72. The van der Waals surface area contributed by atoms with Crippen LogP contribution in [0.1, 0.15) is 37.7 Å². The van der Waals surface area contributed by atoms with Gasteiger partial charge in [0.25, 0.3) is 0 Å². The predicted octanol–water partition coefficient (Wildman–Crippen LogP) is 2.05. The van der Waals surface area contributed by atoms with Crippen LogP contribution in [0.15, 0.2) is 23.1 Å². The normalized spacial score (nSPS) is 23.1. The van der Waals surface area contributed by atoms with E-state index in [2.05, 4.69) is 31.2 Å². The van der Waals surface area contributed by atoms with E-state index >= 15 is 0 Å². The minimum atomic E-state index is -0.0482. The lowest BCUT2D eigenvalue weighted by molar-refractivity contribution is 0.0250. The van der Waals surface area contributed by atoms with E-state index in [0.717, 1.165) is 37.6 Å². The zero-order valence-electron chi connectivity index (χ0n) is 17.4. The van der Waals surface area contributed by atoms with Crippen molar-refractivity contribution in [2.24, 2.45) is 16.1 Å². The number of hydrogen-bond acceptors (Lipinski definition) is 8. The van der Waals surface area contributed by atoms with Crippen LogP contribution >= 0.6 is 0 Å². The summed E-state index contributed by atoms with van der Waals surface area (Å²) in [6.07, 6.45) is 10.8. The number of allylic oxidation sites excluding steroid dienone is 1. The first kappa shape index (κ1) is 19.6. The van der Waals surface area contributed by atoms with Gasteiger partial charge in [-0.2, -0.15) is 10.2 Å². The van der Waals surface area contributed by atoms with Crippen LogP contribution in [0.25, 0.3) is 0 Å². The monoisotopic (exact) mass is 394 g/mol. The highest BCUT2D eigenvalue weighted by Gasteiger charge is 2.52. The molecule has 1 aromatic rings. The van der Waals surface area contributed by atoms with E-state index in [-0.39, 0.29) is 5.54 Å². The Kier molecular flexibility index (Phi) is 5.17. The van der Waals surface area contributed by atoms with Crippen LogP contribution in [0.2, 0.25) is 0 Å². The summed E-state index contributed by atoms with van der Waals surface area (Å²) >= 11 is 0. The second-order valence-electron chi connectivity index (χ2n) is 8.74. The molecule has 0 radical (unpaired) electrons. The molecular formula is C21H30N8. The van der Waals surface area contributed by atoms with Crippen LogP contribution in [0.4, 0.5) is 11.8 Å². The Labute approximate surface area is 172 Å². The summed E-state index contributed by atoms with van der Waals surface area (Å²) in [4.78, 5) is 17.9. The lowest BCUT2D eigenvalue weighted by Crippen LogP contribution is -2.71. The molecule has 0 unspecified atom stereocenters. The number of hydrogen-bond donors (Lipinski definition) is 2. The third kappa shape index (κ3) is 3.79. The largest absolute Gasteiger partial charge is 0.403 e. The summed E-state index contributed by atoms with van der Waals surface area (Å²) in [6.45, 7) is 5.92. The van der Waals surface area contributed by atoms with E-state index in [1.165, 1.54) is 31.9 Å². The van der Waals surface area contributed by atoms with Gasteiger partial charge in [0.1, 0.15) is 5.82 Å². The lowest BCUT2D eigenvalue weighted by Gasteiger charge is -2.57. The number of rotatable bonds is 6. The van der Waals surface area contributed by atoms with Gasteiger partial charge in [0.2, 0.25) is 5.95 Å². The molecule has 4 rings (SSSR count). The number of anilines is 2. The number of nitriles is 1. The molecule has 3 aliphatic rings. The minimum absolute atomic E-state index is 0.0482. The van der Waals surface area contributed by atoms with E-state index in [0.29, 0.717) is 23.5 Å². The Bertz CT molecular complexity index is 848. The molecule has 1 saturated carbocycles. The van der Waals surface area contributed by atoms with Gasteiger partial charge in [-0.3, -0.25) is 9.89 Å². The number of aromatic nitrogens is 2. The van der Waals surface area contributed by atoms with Crippen LogP contribution in [0.5, 0.6) is 0 Å². The van der Waals surface area contributed by atoms with Crippen LogP contribution in [-0.4, -0.2) is 59.8 Å². The van der Waals surface area contributed by atoms with Gasteiger partial charge in [0.15, 0.2) is 0 Å². The van der Waals surface area contributed by atoms with Gasteiger partial charge in [-0.1, -0.05) is 0 Å². The molecule has 8 nitrogen and oxygen atoms in total. The Morgan fingerprint density at radius 2 is 2.07 bits per heavy atom. The molecule has 0 amide bonds. The summed E-state index contributed by atoms with van der Waals surface area (Å²) in [5.41, 5.74) is 7.90. The third-order valence-electron chi connectivity index (χ3n) is 6.78. The van der Waals surface area contributed by atoms with E-state index in [1.807, 2.05) is 13.1 Å². The van der Waals surface area contributed by atoms with Crippen LogP contribution in [-0.2, 0) is 0 Å². The molecule has 0 bridgehead atoms. The number of piperidine rings is 1. The summed E-state index contributed by atoms with van der Waals surface area (Å²) < 4.78 is 0. The van der Waals surface area contributed by atoms with Gasteiger partial charge < -0.3 is 16.0 Å². The number of aryl methyl sites for hydroxylation is 1. The standard InChI is InChI=1S/C21H30N8/c1-16-12-25-19(26-17(11-23)13-24-2)27-18(16)28-14-21(15-28,5-8-22)29-9-6-20(3-4-20)7-10-29/h11-13H,3-7,9-10,14-15,23H2,1-2H3,(H,25,26,27)/b17-11+,24-13?. The van der Waals surface area contributed by atoms with Crippen molar-refractivity contribution in [2.75, 3.05) is 43.4 Å². The van der Waals surface area contributed by atoms with Crippen molar-refractivity contribution >= 4 is 18.0 Å². The first-order valence-corrected chi connectivity index (χ1v) is 10.3. The Balaban J connectivity index is 1.47. The summed E-state index contributed by atoms with van der Waals surface area (Å²) in [7, 11) is 1.69. The molecule has 1 aromatic heterocycles. The Hall–Kier alpha value is -2.66. The number of aliphatic imine (C=N–C) groups is 1. The summed E-state index contributed by atoms with van der Waals surface area (Å²) in [5.74, 6) is 1.41. The predicted molar refractivity (Wildman–Crippen MR) is 115 cm³/mol. The third-order valence-corrected chi connectivity index (χ3v) is 6.78. The van der Waals surface area contributed by atoms with Crippen molar-refractivity contribution in [2.45, 2.75) is 44.6 Å². The van der Waals surface area contributed by atoms with Crippen molar-refractivity contribution in [1.29, 1.82) is 5.26 Å². The summed E-state index contributed by atoms with van der Waals surface area (Å²) in [6, 6.07) is 2.44. The maximum Gasteiger partial charge on any atom is 0.229 e. The highest BCUT2D eigenvalue weighted by Crippen LogP contribution is 2.54. The van der Waals surface area contributed by atoms with Gasteiger partial charge in [-0.25, -0.2) is 4.98 Å². The topological polar surface area (TPSA) is 106 Å². The van der Waals surface area contributed by atoms with Gasteiger partial charge in [0.05, 0.1) is 23.7 Å². The molecule has 154 valence electrons. The molecular weight excluding hydrogens is 364 g/mol. The molecule has 0 aromatic carbocycles. The molecule has 1 spiro atoms. The average Bonchev–Trinajstić information content (AvgIpc) is 3.45. The molecule has 2 saturated heterocycles. The van der Waals surface area contributed by atoms with E-state index in [9.17, 15) is 5.26 Å². The highest BCUT2D eigenvalue weighted by molar-refractivity contribution is 5.82. The van der Waals surface area contributed by atoms with Gasteiger partial charge in [0, 0.05) is 44.3 Å². The SMILES string of the molecule is CN=C/C(=C\N)Nc1ncc(C)c(N2CC(CC#N)(N3CCC4(CC3)CC4)C2)n1. The number of nitrogens with two attached hydrogens (primary N) is 1. The van der Waals surface area contributed by atoms with Crippen molar-refractivity contribution in [1.82, 2.24) is 14.9 Å². The maximum atomic E-state index is 9.48. The fourth-order valence-electron chi connectivity index (χ4n) is 4.72. The first-order chi connectivity index (χ1) is 14.0. The number of likely N-dealkylation sites (tertiary alicyclic amines) is 1. The van der Waals surface area contributed by atoms with Gasteiger partial charge in [-0.15, -0.1) is 0 Å². The molecule has 8 heteroatoms. The van der Waals surface area contributed by atoms with Crippen molar-refractivity contribution in [3.05, 3.63) is 23.7 Å².